The fraction of sp³-hybridized carbons (Fsp3) is 0.830. The van der Waals surface area contributed by atoms with Gasteiger partial charge >= 0.3 is 0 Å². The summed E-state index contributed by atoms with van der Waals surface area (Å²) in [7, 11) is 0. The Hall–Kier alpha value is -2.25. The van der Waals surface area contributed by atoms with Gasteiger partial charge < -0.3 is 89.9 Å². The van der Waals surface area contributed by atoms with E-state index in [9.17, 15) is 61.0 Å². The molecule has 1 amide bonds. The van der Waals surface area contributed by atoms with Crippen molar-refractivity contribution >= 4 is 5.91 Å². The molecule has 0 bridgehead atoms. The van der Waals surface area contributed by atoms with Gasteiger partial charge in [-0.15, -0.1) is 0 Å². The third-order valence-electron chi connectivity index (χ3n) is 13.4. The predicted octanol–water partition coefficient (Wildman–Crippen LogP) is 2.75. The van der Waals surface area contributed by atoms with Crippen LogP contribution in [-0.4, -0.2) is 193 Å². The van der Waals surface area contributed by atoms with Crippen LogP contribution in [0, 0.1) is 0 Å². The summed E-state index contributed by atoms with van der Waals surface area (Å²) in [6.45, 7) is 1.50. The monoisotopic (exact) mass is 1030 g/mol. The summed E-state index contributed by atoms with van der Waals surface area (Å²) < 4.78 is 34.0. The van der Waals surface area contributed by atoms with Crippen molar-refractivity contribution in [3.05, 3.63) is 48.6 Å². The molecule has 3 fully saturated rings. The lowest BCUT2D eigenvalue weighted by Gasteiger charge is -2.48. The number of nitrogens with one attached hydrogen (secondary N) is 1. The Balaban J connectivity index is 1.40. The molecule has 3 saturated heterocycles. The van der Waals surface area contributed by atoms with E-state index in [1.165, 1.54) is 32.1 Å². The molecule has 3 aliphatic heterocycles. The van der Waals surface area contributed by atoms with Crippen LogP contribution in [0.1, 0.15) is 149 Å². The lowest BCUT2D eigenvalue weighted by Crippen LogP contribution is -2.66. The molecule has 19 heteroatoms. The zero-order valence-electron chi connectivity index (χ0n) is 42.9. The number of aliphatic hydroxyl groups excluding tert-OH is 11. The van der Waals surface area contributed by atoms with Crippen LogP contribution in [-0.2, 0) is 33.2 Å². The van der Waals surface area contributed by atoms with Gasteiger partial charge in [-0.25, -0.2) is 0 Å². The van der Waals surface area contributed by atoms with Gasteiger partial charge in [0.2, 0.25) is 5.91 Å². The zero-order valence-corrected chi connectivity index (χ0v) is 42.9. The molecule has 0 saturated carbocycles. The van der Waals surface area contributed by atoms with E-state index in [1.807, 2.05) is 0 Å². The molecule has 0 aliphatic carbocycles. The highest BCUT2D eigenvalue weighted by Crippen LogP contribution is 2.33. The summed E-state index contributed by atoms with van der Waals surface area (Å²) in [4.78, 5) is 13.2. The van der Waals surface area contributed by atoms with E-state index >= 15 is 0 Å². The summed E-state index contributed by atoms with van der Waals surface area (Å²) >= 11 is 0. The van der Waals surface area contributed by atoms with Crippen molar-refractivity contribution in [1.82, 2.24) is 5.32 Å². The minimum absolute atomic E-state index is 0.257. The van der Waals surface area contributed by atoms with Crippen LogP contribution in [0.4, 0.5) is 0 Å². The minimum Gasteiger partial charge on any atom is -0.394 e. The van der Waals surface area contributed by atoms with Crippen LogP contribution >= 0.6 is 0 Å². The number of hydrogen-bond acceptors (Lipinski definition) is 18. The Kier molecular flexibility index (Phi) is 33.3. The third-order valence-corrected chi connectivity index (χ3v) is 13.4. The molecule has 0 aromatic carbocycles. The van der Waals surface area contributed by atoms with Crippen molar-refractivity contribution in [2.24, 2.45) is 0 Å². The topological polar surface area (TPSA) is 307 Å². The molecular weight excluding hydrogens is 939 g/mol. The molecular formula is C53H93NO18. The normalized spacial score (nSPS) is 32.4. The number of amides is 1. The third kappa shape index (κ3) is 22.5. The molecule has 17 unspecified atom stereocenters. The number of rotatable bonds is 37. The molecule has 19 nitrogen and oxygen atoms in total. The number of ether oxygens (including phenoxy) is 6. The molecule has 17 atom stereocenters. The summed E-state index contributed by atoms with van der Waals surface area (Å²) in [6, 6.07) is -0.886. The molecule has 3 rings (SSSR count). The number of carbonyl (C=O) groups excluding carboxylic acids is 1. The van der Waals surface area contributed by atoms with E-state index in [2.05, 4.69) is 67.8 Å². The lowest BCUT2D eigenvalue weighted by molar-refractivity contribution is -0.379. The first-order valence-corrected chi connectivity index (χ1v) is 26.9. The number of hydrogen-bond donors (Lipinski definition) is 12. The van der Waals surface area contributed by atoms with Gasteiger partial charge in [-0.2, -0.15) is 0 Å². The number of carbonyl (C=O) groups is 1. The first-order chi connectivity index (χ1) is 34.8. The molecule has 0 spiro atoms. The zero-order chi connectivity index (χ0) is 52.7. The van der Waals surface area contributed by atoms with Crippen molar-refractivity contribution in [2.75, 3.05) is 26.4 Å². The Morgan fingerprint density at radius 1 is 0.514 bits per heavy atom. The SMILES string of the molecule is CC/C=C\C/C=C\C/C=C\C/C=C\CCCCCCCCCCCCC(=O)NC(COC1OC(CO)C(OC2OC(CO)C(OC3OC(CO)C(O)C(O)C3O)C(O)C2O)C(O)C1O)C(O)CCCCCC. The van der Waals surface area contributed by atoms with Gasteiger partial charge in [0.15, 0.2) is 18.9 Å². The van der Waals surface area contributed by atoms with E-state index in [0.29, 0.717) is 19.3 Å². The molecule has 12 N–H and O–H groups in total. The lowest BCUT2D eigenvalue weighted by atomic mass is 9.96. The van der Waals surface area contributed by atoms with E-state index in [4.69, 9.17) is 28.4 Å². The van der Waals surface area contributed by atoms with E-state index in [0.717, 1.165) is 77.0 Å². The van der Waals surface area contributed by atoms with Crippen molar-refractivity contribution in [3.63, 3.8) is 0 Å². The van der Waals surface area contributed by atoms with Crippen LogP contribution in [0.25, 0.3) is 0 Å². The largest absolute Gasteiger partial charge is 0.394 e. The fourth-order valence-electron chi connectivity index (χ4n) is 8.95. The molecule has 72 heavy (non-hydrogen) atoms. The minimum atomic E-state index is -1.97. The molecule has 418 valence electrons. The van der Waals surface area contributed by atoms with Crippen molar-refractivity contribution in [2.45, 2.75) is 253 Å². The van der Waals surface area contributed by atoms with Crippen molar-refractivity contribution in [3.8, 4) is 0 Å². The highest BCUT2D eigenvalue weighted by atomic mass is 16.8. The molecule has 3 aliphatic rings. The quantitative estimate of drug-likeness (QED) is 0.0315. The van der Waals surface area contributed by atoms with Gasteiger partial charge in [0, 0.05) is 6.42 Å². The second kappa shape index (κ2) is 37.5. The number of aliphatic hydroxyl groups is 11. The van der Waals surface area contributed by atoms with Crippen LogP contribution in [0.2, 0.25) is 0 Å². The number of unbranched alkanes of at least 4 members (excludes halogenated alkanes) is 13. The Morgan fingerprint density at radius 2 is 0.958 bits per heavy atom. The van der Waals surface area contributed by atoms with Gasteiger partial charge in [0.1, 0.15) is 73.2 Å². The summed E-state index contributed by atoms with van der Waals surface area (Å²) in [6.07, 6.45) is 11.6. The Bertz CT molecular complexity index is 1520. The maximum atomic E-state index is 13.2. The van der Waals surface area contributed by atoms with Gasteiger partial charge in [-0.3, -0.25) is 4.79 Å². The van der Waals surface area contributed by atoms with Crippen LogP contribution < -0.4 is 5.32 Å². The summed E-state index contributed by atoms with van der Waals surface area (Å²) in [5.74, 6) is -0.261. The maximum Gasteiger partial charge on any atom is 0.220 e. The summed E-state index contributed by atoms with van der Waals surface area (Å²) in [5.41, 5.74) is 0. The second-order valence-electron chi connectivity index (χ2n) is 19.3. The Morgan fingerprint density at radius 3 is 1.49 bits per heavy atom. The van der Waals surface area contributed by atoms with E-state index in [-0.39, 0.29) is 18.9 Å². The average Bonchev–Trinajstić information content (AvgIpc) is 3.38. The predicted molar refractivity (Wildman–Crippen MR) is 268 cm³/mol. The average molecular weight is 1030 g/mol. The summed E-state index contributed by atoms with van der Waals surface area (Å²) in [5, 5.41) is 119. The van der Waals surface area contributed by atoms with Gasteiger partial charge in [-0.1, -0.05) is 140 Å². The highest BCUT2D eigenvalue weighted by Gasteiger charge is 2.53. The molecule has 3 heterocycles. The Labute approximate surface area is 427 Å². The van der Waals surface area contributed by atoms with Gasteiger partial charge in [0.25, 0.3) is 0 Å². The number of allylic oxidation sites excluding steroid dienone is 8. The first kappa shape index (κ1) is 64.0. The second-order valence-corrected chi connectivity index (χ2v) is 19.3. The standard InChI is InChI=1S/C53H93NO18/c1-3-5-7-9-10-11-12-13-14-15-16-17-18-19-20-21-22-23-24-25-26-27-29-31-41(59)54-36(37(58)30-28-8-6-4-2)35-67-51-47(65)44(62)49(39(33-56)69-51)72-53-48(66)45(63)50(40(34-57)70-53)71-52-46(64)43(61)42(60)38(32-55)68-52/h5,7,10-11,13-14,16-17,36-40,42-53,55-58,60-66H,3-4,6,8-9,12,15,18-35H2,1-2H3,(H,54,59)/b7-5-,11-10-,14-13-,17-16-. The fourth-order valence-corrected chi connectivity index (χ4v) is 8.95. The van der Waals surface area contributed by atoms with Crippen molar-refractivity contribution in [1.29, 1.82) is 0 Å². The van der Waals surface area contributed by atoms with Crippen LogP contribution in [0.5, 0.6) is 0 Å². The van der Waals surface area contributed by atoms with E-state index in [1.54, 1.807) is 0 Å². The van der Waals surface area contributed by atoms with E-state index < -0.39 is 124 Å². The molecule has 0 aromatic heterocycles. The highest BCUT2D eigenvalue weighted by molar-refractivity contribution is 5.76. The maximum absolute atomic E-state index is 13.2. The van der Waals surface area contributed by atoms with Crippen LogP contribution in [0.3, 0.4) is 0 Å². The van der Waals surface area contributed by atoms with Gasteiger partial charge in [0.05, 0.1) is 38.6 Å². The first-order valence-electron chi connectivity index (χ1n) is 26.9. The van der Waals surface area contributed by atoms with Crippen LogP contribution in [0.15, 0.2) is 48.6 Å². The smallest absolute Gasteiger partial charge is 0.220 e. The molecule has 0 radical (unpaired) electrons. The van der Waals surface area contributed by atoms with Gasteiger partial charge in [-0.05, 0) is 51.4 Å². The molecule has 0 aromatic rings. The van der Waals surface area contributed by atoms with Crippen molar-refractivity contribution < 1.29 is 89.4 Å².